The van der Waals surface area contributed by atoms with Gasteiger partial charge in [0.1, 0.15) is 11.4 Å². The first-order valence-electron chi connectivity index (χ1n) is 7.08. The molecule has 0 atom stereocenters. The van der Waals surface area contributed by atoms with E-state index in [0.29, 0.717) is 12.2 Å². The first kappa shape index (κ1) is 14.8. The summed E-state index contributed by atoms with van der Waals surface area (Å²) in [7, 11) is 1.60. The lowest BCUT2D eigenvalue weighted by Gasteiger charge is -2.33. The molecule has 0 fully saturated rings. The van der Waals surface area contributed by atoms with Gasteiger partial charge in [-0.2, -0.15) is 0 Å². The number of ether oxygens (including phenoxy) is 2. The summed E-state index contributed by atoms with van der Waals surface area (Å²) in [6.45, 7) is 8.27. The third-order valence-corrected chi connectivity index (χ3v) is 3.69. The molecule has 1 heterocycles. The smallest absolute Gasteiger partial charge is 0.167 e. The minimum atomic E-state index is -0.164. The number of benzene rings is 1. The quantitative estimate of drug-likeness (QED) is 0.848. The first-order valence-corrected chi connectivity index (χ1v) is 7.08. The molecule has 1 N–H and O–H groups in total. The standard InChI is InChI=1S/C17H24O3/c1-11(2)6-7-12-10-14-13(16(19-5)15(12)18)8-9-17(3,4)20-14/h6,10,18H,7-9H2,1-5H3. The highest BCUT2D eigenvalue weighted by Gasteiger charge is 2.30. The van der Waals surface area contributed by atoms with Crippen molar-refractivity contribution in [3.8, 4) is 17.2 Å². The molecule has 1 aliphatic heterocycles. The Morgan fingerprint density at radius 1 is 1.45 bits per heavy atom. The topological polar surface area (TPSA) is 38.7 Å². The number of phenols is 1. The van der Waals surface area contributed by atoms with E-state index < -0.39 is 0 Å². The molecule has 3 heteroatoms. The summed E-state index contributed by atoms with van der Waals surface area (Å²) < 4.78 is 11.5. The normalized spacial score (nSPS) is 16.1. The summed E-state index contributed by atoms with van der Waals surface area (Å²) in [6.07, 6.45) is 4.56. The summed E-state index contributed by atoms with van der Waals surface area (Å²) in [5.41, 5.74) is 2.88. The molecule has 20 heavy (non-hydrogen) atoms. The Bertz CT molecular complexity index is 538. The minimum absolute atomic E-state index is 0.164. The molecule has 0 unspecified atom stereocenters. The van der Waals surface area contributed by atoms with Gasteiger partial charge in [-0.25, -0.2) is 0 Å². The van der Waals surface area contributed by atoms with Crippen molar-refractivity contribution in [1.82, 2.24) is 0 Å². The van der Waals surface area contributed by atoms with Gasteiger partial charge in [0.2, 0.25) is 0 Å². The molecular formula is C17H24O3. The number of fused-ring (bicyclic) bond motifs is 1. The van der Waals surface area contributed by atoms with Crippen molar-refractivity contribution in [1.29, 1.82) is 0 Å². The molecule has 1 aromatic rings. The van der Waals surface area contributed by atoms with Crippen molar-refractivity contribution in [3.05, 3.63) is 28.8 Å². The van der Waals surface area contributed by atoms with E-state index in [2.05, 4.69) is 19.9 Å². The minimum Gasteiger partial charge on any atom is -0.504 e. The van der Waals surface area contributed by atoms with Crippen LogP contribution in [0.4, 0.5) is 0 Å². The molecule has 110 valence electrons. The molecule has 0 saturated heterocycles. The molecule has 2 rings (SSSR count). The van der Waals surface area contributed by atoms with Crippen molar-refractivity contribution >= 4 is 0 Å². The summed E-state index contributed by atoms with van der Waals surface area (Å²) in [4.78, 5) is 0. The Labute approximate surface area is 121 Å². The zero-order valence-corrected chi connectivity index (χ0v) is 13.0. The zero-order valence-electron chi connectivity index (χ0n) is 13.0. The predicted molar refractivity (Wildman–Crippen MR) is 80.8 cm³/mol. The Hall–Kier alpha value is -1.64. The average Bonchev–Trinajstić information content (AvgIpc) is 2.36. The second kappa shape index (κ2) is 5.39. The third-order valence-electron chi connectivity index (χ3n) is 3.69. The van der Waals surface area contributed by atoms with Gasteiger partial charge in [0.15, 0.2) is 11.5 Å². The summed E-state index contributed by atoms with van der Waals surface area (Å²) in [5.74, 6) is 1.65. The van der Waals surface area contributed by atoms with Gasteiger partial charge in [-0.15, -0.1) is 0 Å². The van der Waals surface area contributed by atoms with E-state index in [1.807, 2.05) is 19.9 Å². The molecule has 0 aromatic heterocycles. The number of phenolic OH excluding ortho intramolecular Hbond substituents is 1. The van der Waals surface area contributed by atoms with Gasteiger partial charge in [0.25, 0.3) is 0 Å². The van der Waals surface area contributed by atoms with E-state index >= 15 is 0 Å². The van der Waals surface area contributed by atoms with E-state index in [1.54, 1.807) is 7.11 Å². The van der Waals surface area contributed by atoms with Crippen molar-refractivity contribution in [2.75, 3.05) is 7.11 Å². The molecule has 0 amide bonds. The fourth-order valence-electron chi connectivity index (χ4n) is 2.51. The summed E-state index contributed by atoms with van der Waals surface area (Å²) in [5, 5.41) is 10.4. The van der Waals surface area contributed by atoms with E-state index in [0.717, 1.165) is 29.7 Å². The van der Waals surface area contributed by atoms with Gasteiger partial charge < -0.3 is 14.6 Å². The summed E-state index contributed by atoms with van der Waals surface area (Å²) >= 11 is 0. The lowest BCUT2D eigenvalue weighted by Crippen LogP contribution is -2.32. The van der Waals surface area contributed by atoms with Gasteiger partial charge in [-0.05, 0) is 53.0 Å². The van der Waals surface area contributed by atoms with Crippen LogP contribution in [0, 0.1) is 0 Å². The monoisotopic (exact) mass is 276 g/mol. The molecular weight excluding hydrogens is 252 g/mol. The molecule has 0 aliphatic carbocycles. The third kappa shape index (κ3) is 2.92. The van der Waals surface area contributed by atoms with E-state index in [-0.39, 0.29) is 11.4 Å². The van der Waals surface area contributed by atoms with Crippen molar-refractivity contribution in [2.45, 2.75) is 52.6 Å². The number of aromatic hydroxyl groups is 1. The fourth-order valence-corrected chi connectivity index (χ4v) is 2.51. The number of hydrogen-bond acceptors (Lipinski definition) is 3. The molecule has 1 aliphatic rings. The largest absolute Gasteiger partial charge is 0.504 e. The maximum atomic E-state index is 10.4. The van der Waals surface area contributed by atoms with Crippen LogP contribution in [-0.2, 0) is 12.8 Å². The van der Waals surface area contributed by atoms with Gasteiger partial charge in [0.05, 0.1) is 7.11 Å². The van der Waals surface area contributed by atoms with E-state index in [9.17, 15) is 5.11 Å². The van der Waals surface area contributed by atoms with Crippen LogP contribution in [0.5, 0.6) is 17.2 Å². The van der Waals surface area contributed by atoms with Crippen LogP contribution in [0.3, 0.4) is 0 Å². The molecule has 0 radical (unpaired) electrons. The van der Waals surface area contributed by atoms with E-state index in [1.165, 1.54) is 5.57 Å². The van der Waals surface area contributed by atoms with Crippen LogP contribution in [-0.4, -0.2) is 17.8 Å². The van der Waals surface area contributed by atoms with Crippen molar-refractivity contribution < 1.29 is 14.6 Å². The highest BCUT2D eigenvalue weighted by molar-refractivity contribution is 5.59. The van der Waals surface area contributed by atoms with Crippen molar-refractivity contribution in [3.63, 3.8) is 0 Å². The highest BCUT2D eigenvalue weighted by Crippen LogP contribution is 2.45. The van der Waals surface area contributed by atoms with Crippen molar-refractivity contribution in [2.24, 2.45) is 0 Å². The van der Waals surface area contributed by atoms with Crippen LogP contribution >= 0.6 is 0 Å². The second-order valence-corrected chi connectivity index (χ2v) is 6.24. The van der Waals surface area contributed by atoms with Crippen LogP contribution in [0.15, 0.2) is 17.7 Å². The molecule has 0 saturated carbocycles. The number of rotatable bonds is 3. The van der Waals surface area contributed by atoms with Gasteiger partial charge in [-0.3, -0.25) is 0 Å². The Morgan fingerprint density at radius 3 is 2.75 bits per heavy atom. The molecule has 3 nitrogen and oxygen atoms in total. The van der Waals surface area contributed by atoms with Crippen LogP contribution in [0.1, 0.15) is 45.2 Å². The highest BCUT2D eigenvalue weighted by atomic mass is 16.5. The Kier molecular flexibility index (Phi) is 3.98. The van der Waals surface area contributed by atoms with Gasteiger partial charge >= 0.3 is 0 Å². The lowest BCUT2D eigenvalue weighted by molar-refractivity contribution is 0.0832. The molecule has 0 spiro atoms. The first-order chi connectivity index (χ1) is 9.34. The van der Waals surface area contributed by atoms with Crippen LogP contribution < -0.4 is 9.47 Å². The maximum Gasteiger partial charge on any atom is 0.167 e. The average molecular weight is 276 g/mol. The lowest BCUT2D eigenvalue weighted by atomic mass is 9.92. The maximum absolute atomic E-state index is 10.4. The second-order valence-electron chi connectivity index (χ2n) is 6.24. The zero-order chi connectivity index (χ0) is 14.9. The SMILES string of the molecule is COc1c(O)c(CC=C(C)C)cc2c1CCC(C)(C)O2. The van der Waals surface area contributed by atoms with Gasteiger partial charge in [0, 0.05) is 11.1 Å². The van der Waals surface area contributed by atoms with E-state index in [4.69, 9.17) is 9.47 Å². The van der Waals surface area contributed by atoms with Crippen LogP contribution in [0.25, 0.3) is 0 Å². The predicted octanol–water partition coefficient (Wildman–Crippen LogP) is 4.01. The molecule has 0 bridgehead atoms. The fraction of sp³-hybridized carbons (Fsp3) is 0.529. The van der Waals surface area contributed by atoms with Gasteiger partial charge in [-0.1, -0.05) is 11.6 Å². The number of hydrogen-bond donors (Lipinski definition) is 1. The summed E-state index contributed by atoms with van der Waals surface area (Å²) in [6, 6.07) is 1.95. The Balaban J connectivity index is 2.48. The number of allylic oxidation sites excluding steroid dienone is 2. The number of methoxy groups -OCH3 is 1. The van der Waals surface area contributed by atoms with Crippen LogP contribution in [0.2, 0.25) is 0 Å². The Morgan fingerprint density at radius 2 is 2.15 bits per heavy atom. The molecule has 1 aromatic carbocycles.